The van der Waals surface area contributed by atoms with E-state index in [4.69, 9.17) is 44.3 Å². The third kappa shape index (κ3) is 6.15. The minimum Gasteiger partial charge on any atom is -0.465 e. The molecule has 9 heteroatoms. The minimum atomic E-state index is -2.09. The van der Waals surface area contributed by atoms with Crippen LogP contribution >= 0.6 is 34.8 Å². The van der Waals surface area contributed by atoms with Crippen LogP contribution in [0.2, 0.25) is 0 Å². The van der Waals surface area contributed by atoms with Gasteiger partial charge in [0.05, 0.1) is 19.3 Å². The molecule has 0 aliphatic carbocycles. The highest BCUT2D eigenvalue weighted by Gasteiger charge is 2.48. The molecule has 1 unspecified atom stereocenters. The maximum Gasteiger partial charge on any atom is 0.322 e. The second-order valence-electron chi connectivity index (χ2n) is 3.70. The van der Waals surface area contributed by atoms with E-state index in [1.54, 1.807) is 13.8 Å². The van der Waals surface area contributed by atoms with Gasteiger partial charge in [-0.25, -0.2) is 0 Å². The van der Waals surface area contributed by atoms with Crippen LogP contribution in [0.5, 0.6) is 0 Å². The molecule has 0 aromatic rings. The third-order valence-electron chi connectivity index (χ3n) is 2.13. The summed E-state index contributed by atoms with van der Waals surface area (Å²) in [5.74, 6) is -4.00. The number of alkyl halides is 3. The van der Waals surface area contributed by atoms with Crippen LogP contribution in [0.4, 0.5) is 0 Å². The summed E-state index contributed by atoms with van der Waals surface area (Å²) in [5.41, 5.74) is 0. The van der Waals surface area contributed by atoms with Gasteiger partial charge in [-0.1, -0.05) is 34.8 Å². The Hall–Kier alpha value is -0.720. The Balaban J connectivity index is 5.45. The van der Waals surface area contributed by atoms with Gasteiger partial charge in [0.1, 0.15) is 0 Å². The van der Waals surface area contributed by atoms with Gasteiger partial charge in [0.25, 0.3) is 0 Å². The van der Waals surface area contributed by atoms with Crippen molar-refractivity contribution in [1.29, 1.82) is 0 Å². The fourth-order valence-electron chi connectivity index (χ4n) is 1.41. The molecule has 0 aliphatic rings. The fraction of sp³-hybridized carbons (Fsp3) is 0.727. The molecule has 116 valence electrons. The first-order chi connectivity index (χ1) is 9.15. The van der Waals surface area contributed by atoms with Gasteiger partial charge in [0, 0.05) is 6.92 Å². The van der Waals surface area contributed by atoms with Crippen LogP contribution in [0.1, 0.15) is 20.8 Å². The molecular formula is C11H16Cl3NO5. The first kappa shape index (κ1) is 19.3. The lowest BCUT2D eigenvalue weighted by Crippen LogP contribution is -2.54. The molecule has 0 aliphatic heterocycles. The van der Waals surface area contributed by atoms with Crippen LogP contribution < -0.4 is 5.32 Å². The zero-order valence-corrected chi connectivity index (χ0v) is 13.5. The molecule has 0 heterocycles. The third-order valence-corrected chi connectivity index (χ3v) is 2.83. The molecule has 0 saturated carbocycles. The first-order valence-corrected chi connectivity index (χ1v) is 6.95. The van der Waals surface area contributed by atoms with Gasteiger partial charge >= 0.3 is 11.9 Å². The highest BCUT2D eigenvalue weighted by atomic mass is 35.6. The standard InChI is InChI=1S/C11H16Cl3NO5/c1-4-19-9(17)7(10(18)20-5-2)8(11(12,13)14)15-6(3)16/h7-8H,4-5H2,1-3H3,(H,15,16). The SMILES string of the molecule is CCOC(=O)C(C(=O)OCC)C(NC(C)=O)C(Cl)(Cl)Cl. The van der Waals surface area contributed by atoms with Crippen LogP contribution in [0.25, 0.3) is 0 Å². The van der Waals surface area contributed by atoms with E-state index in [1.165, 1.54) is 0 Å². The van der Waals surface area contributed by atoms with E-state index in [9.17, 15) is 14.4 Å². The predicted molar refractivity (Wildman–Crippen MR) is 74.7 cm³/mol. The zero-order chi connectivity index (χ0) is 15.9. The van der Waals surface area contributed by atoms with E-state index in [0.29, 0.717) is 0 Å². The summed E-state index contributed by atoms with van der Waals surface area (Å²) in [5, 5.41) is 2.26. The average Bonchev–Trinajstić information content (AvgIpc) is 2.27. The average molecular weight is 349 g/mol. The maximum absolute atomic E-state index is 11.9. The van der Waals surface area contributed by atoms with Crippen molar-refractivity contribution >= 4 is 52.6 Å². The number of amides is 1. The van der Waals surface area contributed by atoms with Gasteiger partial charge < -0.3 is 14.8 Å². The molecular weight excluding hydrogens is 332 g/mol. The summed E-state index contributed by atoms with van der Waals surface area (Å²) < 4.78 is 7.44. The van der Waals surface area contributed by atoms with Crippen molar-refractivity contribution in [2.24, 2.45) is 5.92 Å². The number of hydrogen-bond donors (Lipinski definition) is 1. The summed E-state index contributed by atoms with van der Waals surface area (Å²) in [6.07, 6.45) is 0. The van der Waals surface area contributed by atoms with Gasteiger partial charge in [0.15, 0.2) is 5.92 Å². The van der Waals surface area contributed by atoms with E-state index >= 15 is 0 Å². The molecule has 0 saturated heterocycles. The molecule has 0 fully saturated rings. The number of rotatable bonds is 6. The van der Waals surface area contributed by atoms with Crippen LogP contribution in [0, 0.1) is 5.92 Å². The Bertz CT molecular complexity index is 352. The lowest BCUT2D eigenvalue weighted by Gasteiger charge is -2.29. The highest BCUT2D eigenvalue weighted by Crippen LogP contribution is 2.35. The quantitative estimate of drug-likeness (QED) is 0.448. The monoisotopic (exact) mass is 347 g/mol. The van der Waals surface area contributed by atoms with E-state index in [0.717, 1.165) is 6.92 Å². The largest absolute Gasteiger partial charge is 0.465 e. The molecule has 0 radical (unpaired) electrons. The van der Waals surface area contributed by atoms with E-state index in [-0.39, 0.29) is 13.2 Å². The van der Waals surface area contributed by atoms with Crippen molar-refractivity contribution in [1.82, 2.24) is 5.32 Å². The van der Waals surface area contributed by atoms with E-state index in [1.807, 2.05) is 0 Å². The van der Waals surface area contributed by atoms with Crippen LogP contribution in [-0.2, 0) is 23.9 Å². The van der Waals surface area contributed by atoms with Crippen molar-refractivity contribution in [3.8, 4) is 0 Å². The number of ether oxygens (including phenoxy) is 2. The summed E-state index contributed by atoms with van der Waals surface area (Å²) in [6, 6.07) is -1.40. The number of hydrogen-bond acceptors (Lipinski definition) is 5. The lowest BCUT2D eigenvalue weighted by molar-refractivity contribution is -0.163. The second-order valence-corrected chi connectivity index (χ2v) is 6.07. The smallest absolute Gasteiger partial charge is 0.322 e. The predicted octanol–water partition coefficient (Wildman–Crippen LogP) is 1.60. The number of nitrogens with one attached hydrogen (secondary N) is 1. The molecule has 1 atom stereocenters. The molecule has 0 aromatic carbocycles. The Labute approximate surface area is 132 Å². The van der Waals surface area contributed by atoms with Crippen molar-refractivity contribution in [2.75, 3.05) is 13.2 Å². The van der Waals surface area contributed by atoms with Crippen molar-refractivity contribution in [2.45, 2.75) is 30.6 Å². The molecule has 0 spiro atoms. The van der Waals surface area contributed by atoms with Gasteiger partial charge in [0.2, 0.25) is 9.70 Å². The molecule has 0 rings (SSSR count). The topological polar surface area (TPSA) is 81.7 Å². The Kier molecular flexibility index (Phi) is 8.23. The van der Waals surface area contributed by atoms with Crippen molar-refractivity contribution in [3.63, 3.8) is 0 Å². The van der Waals surface area contributed by atoms with Crippen molar-refractivity contribution < 1.29 is 23.9 Å². The zero-order valence-electron chi connectivity index (χ0n) is 11.2. The summed E-state index contributed by atoms with van der Waals surface area (Å²) in [6.45, 7) is 4.34. The molecule has 0 aromatic heterocycles. The van der Waals surface area contributed by atoms with Crippen LogP contribution in [0.3, 0.4) is 0 Å². The number of carbonyl (C=O) groups excluding carboxylic acids is 3. The molecule has 1 N–H and O–H groups in total. The molecule has 1 amide bonds. The van der Waals surface area contributed by atoms with Gasteiger partial charge in [-0.05, 0) is 13.8 Å². The second kappa shape index (κ2) is 8.54. The highest BCUT2D eigenvalue weighted by molar-refractivity contribution is 6.68. The fourth-order valence-corrected chi connectivity index (χ4v) is 1.95. The molecule has 0 bridgehead atoms. The Morgan fingerprint density at radius 2 is 1.45 bits per heavy atom. The number of halogens is 3. The number of esters is 2. The van der Waals surface area contributed by atoms with Crippen molar-refractivity contribution in [3.05, 3.63) is 0 Å². The Morgan fingerprint density at radius 3 is 1.70 bits per heavy atom. The normalized spacial score (nSPS) is 12.8. The summed E-state index contributed by atoms with van der Waals surface area (Å²) in [4.78, 5) is 34.9. The first-order valence-electron chi connectivity index (χ1n) is 5.82. The van der Waals surface area contributed by atoms with Crippen LogP contribution in [-0.4, -0.2) is 40.9 Å². The molecule has 6 nitrogen and oxygen atoms in total. The lowest BCUT2D eigenvalue weighted by atomic mass is 10.0. The minimum absolute atomic E-state index is 0.0292. The maximum atomic E-state index is 11.9. The summed E-state index contributed by atoms with van der Waals surface area (Å²) >= 11 is 17.2. The van der Waals surface area contributed by atoms with Gasteiger partial charge in [-0.15, -0.1) is 0 Å². The van der Waals surface area contributed by atoms with Crippen LogP contribution in [0.15, 0.2) is 0 Å². The van der Waals surface area contributed by atoms with Gasteiger partial charge in [-0.3, -0.25) is 14.4 Å². The van der Waals surface area contributed by atoms with E-state index < -0.39 is 33.6 Å². The number of carbonyl (C=O) groups is 3. The Morgan fingerprint density at radius 1 is 1.05 bits per heavy atom. The molecule has 20 heavy (non-hydrogen) atoms. The van der Waals surface area contributed by atoms with Gasteiger partial charge in [-0.2, -0.15) is 0 Å². The van der Waals surface area contributed by atoms with E-state index in [2.05, 4.69) is 5.32 Å². The summed E-state index contributed by atoms with van der Waals surface area (Å²) in [7, 11) is 0.